The quantitative estimate of drug-likeness (QED) is 0.588. The van der Waals surface area contributed by atoms with E-state index in [1.807, 2.05) is 12.1 Å². The molecule has 0 spiro atoms. The Labute approximate surface area is 102 Å². The van der Waals surface area contributed by atoms with E-state index in [1.165, 1.54) is 0 Å². The normalized spacial score (nSPS) is 19.7. The van der Waals surface area contributed by atoms with Crippen LogP contribution < -0.4 is 5.73 Å². The second-order valence-electron chi connectivity index (χ2n) is 4.34. The van der Waals surface area contributed by atoms with Gasteiger partial charge in [-0.25, -0.2) is 0 Å². The fourth-order valence-corrected chi connectivity index (χ4v) is 2.16. The number of nitrogens with two attached hydrogens (primary N) is 1. The molecule has 1 aliphatic rings. The third-order valence-electron chi connectivity index (χ3n) is 3.14. The zero-order valence-electron chi connectivity index (χ0n) is 9.73. The summed E-state index contributed by atoms with van der Waals surface area (Å²) in [5.41, 5.74) is 6.91. The van der Waals surface area contributed by atoms with Crippen LogP contribution in [0.1, 0.15) is 23.2 Å². The number of hydrogen-bond donors (Lipinski definition) is 1. The summed E-state index contributed by atoms with van der Waals surface area (Å²) in [6.07, 6.45) is 7.39. The molecule has 1 aliphatic heterocycles. The zero-order chi connectivity index (χ0) is 12.3. The van der Waals surface area contributed by atoms with Crippen LogP contribution in [0.15, 0.2) is 24.3 Å². The van der Waals surface area contributed by atoms with Gasteiger partial charge in [0.15, 0.2) is 0 Å². The minimum Gasteiger partial charge on any atom is -0.398 e. The zero-order valence-corrected chi connectivity index (χ0v) is 9.73. The Morgan fingerprint density at radius 2 is 2.24 bits per heavy atom. The van der Waals surface area contributed by atoms with Crippen LogP contribution in [0.4, 0.5) is 5.69 Å². The predicted octanol–water partition coefficient (Wildman–Crippen LogP) is 1.75. The van der Waals surface area contributed by atoms with Crippen molar-refractivity contribution in [1.29, 1.82) is 0 Å². The molecule has 3 nitrogen and oxygen atoms in total. The van der Waals surface area contributed by atoms with Crippen molar-refractivity contribution >= 4 is 11.6 Å². The smallest absolute Gasteiger partial charge is 0.255 e. The molecule has 1 unspecified atom stereocenters. The van der Waals surface area contributed by atoms with Crippen molar-refractivity contribution in [1.82, 2.24) is 4.90 Å². The maximum atomic E-state index is 12.3. The highest BCUT2D eigenvalue weighted by atomic mass is 16.2. The van der Waals surface area contributed by atoms with Gasteiger partial charge in [0.1, 0.15) is 0 Å². The average molecular weight is 228 g/mol. The number of amides is 1. The number of rotatable bonds is 1. The molecule has 3 heteroatoms. The first-order valence-corrected chi connectivity index (χ1v) is 5.82. The van der Waals surface area contributed by atoms with Crippen LogP contribution >= 0.6 is 0 Å². The summed E-state index contributed by atoms with van der Waals surface area (Å²) < 4.78 is 0. The third kappa shape index (κ3) is 2.42. The number of likely N-dealkylation sites (tertiary alicyclic amines) is 1. The molecule has 2 rings (SSSR count). The molecule has 1 aromatic carbocycles. The Kier molecular flexibility index (Phi) is 3.34. The summed E-state index contributed by atoms with van der Waals surface area (Å²) in [5, 5.41) is 0. The number of nitrogens with zero attached hydrogens (tertiary/aromatic N) is 1. The molecule has 0 bridgehead atoms. The van der Waals surface area contributed by atoms with Crippen LogP contribution in [0.25, 0.3) is 0 Å². The fourth-order valence-electron chi connectivity index (χ4n) is 2.16. The first-order chi connectivity index (χ1) is 8.22. The minimum absolute atomic E-state index is 0.0111. The molecule has 0 saturated carbocycles. The van der Waals surface area contributed by atoms with Crippen molar-refractivity contribution in [3.8, 4) is 12.3 Å². The number of hydrogen-bond acceptors (Lipinski definition) is 2. The number of piperidine rings is 1. The molecule has 0 aromatic heterocycles. The van der Waals surface area contributed by atoms with Crippen molar-refractivity contribution in [3.63, 3.8) is 0 Å². The topological polar surface area (TPSA) is 46.3 Å². The number of nitrogen functional groups attached to an aromatic ring is 1. The van der Waals surface area contributed by atoms with Crippen molar-refractivity contribution in [2.24, 2.45) is 5.92 Å². The summed E-state index contributed by atoms with van der Waals surface area (Å²) in [5.74, 6) is 2.90. The number of carbonyl (C=O) groups is 1. The molecule has 0 radical (unpaired) electrons. The van der Waals surface area contributed by atoms with E-state index in [1.54, 1.807) is 17.0 Å². The van der Waals surface area contributed by atoms with Gasteiger partial charge in [-0.2, -0.15) is 0 Å². The van der Waals surface area contributed by atoms with Crippen LogP contribution in [-0.4, -0.2) is 23.9 Å². The SMILES string of the molecule is C#CC1CCCN(C(=O)c2ccccc2N)C1. The molecule has 1 saturated heterocycles. The second-order valence-corrected chi connectivity index (χ2v) is 4.34. The van der Waals surface area contributed by atoms with E-state index in [-0.39, 0.29) is 11.8 Å². The van der Waals surface area contributed by atoms with Crippen molar-refractivity contribution in [2.45, 2.75) is 12.8 Å². The molecule has 1 atom stereocenters. The average Bonchev–Trinajstić information content (AvgIpc) is 2.38. The second kappa shape index (κ2) is 4.92. The van der Waals surface area contributed by atoms with E-state index in [4.69, 9.17) is 12.2 Å². The van der Waals surface area contributed by atoms with E-state index < -0.39 is 0 Å². The van der Waals surface area contributed by atoms with Gasteiger partial charge in [-0.15, -0.1) is 12.3 Å². The molecule has 1 fully saturated rings. The maximum Gasteiger partial charge on any atom is 0.255 e. The van der Waals surface area contributed by atoms with Gasteiger partial charge >= 0.3 is 0 Å². The van der Waals surface area contributed by atoms with Crippen LogP contribution in [-0.2, 0) is 0 Å². The number of carbonyl (C=O) groups excluding carboxylic acids is 1. The lowest BCUT2D eigenvalue weighted by Crippen LogP contribution is -2.39. The van der Waals surface area contributed by atoms with E-state index in [0.717, 1.165) is 19.4 Å². The molecule has 1 aromatic rings. The third-order valence-corrected chi connectivity index (χ3v) is 3.14. The van der Waals surface area contributed by atoms with Gasteiger partial charge in [-0.1, -0.05) is 12.1 Å². The lowest BCUT2D eigenvalue weighted by Gasteiger charge is -2.30. The van der Waals surface area contributed by atoms with Gasteiger partial charge in [0, 0.05) is 24.7 Å². The Morgan fingerprint density at radius 3 is 2.94 bits per heavy atom. The molecule has 88 valence electrons. The largest absolute Gasteiger partial charge is 0.398 e. The van der Waals surface area contributed by atoms with Crippen molar-refractivity contribution < 1.29 is 4.79 Å². The van der Waals surface area contributed by atoms with Crippen LogP contribution in [0.2, 0.25) is 0 Å². The monoisotopic (exact) mass is 228 g/mol. The highest BCUT2D eigenvalue weighted by Crippen LogP contribution is 2.20. The Balaban J connectivity index is 2.16. The standard InChI is InChI=1S/C14H16N2O/c1-2-11-6-5-9-16(10-11)14(17)12-7-3-4-8-13(12)15/h1,3-4,7-8,11H,5-6,9-10,15H2. The predicted molar refractivity (Wildman–Crippen MR) is 68.3 cm³/mol. The van der Waals surface area contributed by atoms with Gasteiger partial charge in [0.05, 0.1) is 5.56 Å². The van der Waals surface area contributed by atoms with Gasteiger partial charge in [-0.3, -0.25) is 4.79 Å². The van der Waals surface area contributed by atoms with E-state index >= 15 is 0 Å². The molecular formula is C14H16N2O. The highest BCUT2D eigenvalue weighted by molar-refractivity contribution is 5.99. The first kappa shape index (κ1) is 11.5. The van der Waals surface area contributed by atoms with Gasteiger partial charge in [0.25, 0.3) is 5.91 Å². The first-order valence-electron chi connectivity index (χ1n) is 5.82. The lowest BCUT2D eigenvalue weighted by atomic mass is 9.98. The lowest BCUT2D eigenvalue weighted by molar-refractivity contribution is 0.0700. The van der Waals surface area contributed by atoms with Crippen LogP contribution in [0, 0.1) is 18.3 Å². The summed E-state index contributed by atoms with van der Waals surface area (Å²) in [6, 6.07) is 7.16. The molecule has 17 heavy (non-hydrogen) atoms. The van der Waals surface area contributed by atoms with Gasteiger partial charge < -0.3 is 10.6 Å². The number of terminal acetylenes is 1. The number of anilines is 1. The molecule has 1 amide bonds. The van der Waals surface area contributed by atoms with Crippen molar-refractivity contribution in [3.05, 3.63) is 29.8 Å². The molecular weight excluding hydrogens is 212 g/mol. The van der Waals surface area contributed by atoms with E-state index in [9.17, 15) is 4.79 Å². The van der Waals surface area contributed by atoms with Gasteiger partial charge in [-0.05, 0) is 25.0 Å². The minimum atomic E-state index is -0.0111. The summed E-state index contributed by atoms with van der Waals surface area (Å²) in [7, 11) is 0. The Bertz CT molecular complexity index is 462. The number of benzene rings is 1. The maximum absolute atomic E-state index is 12.3. The molecule has 0 aliphatic carbocycles. The van der Waals surface area contributed by atoms with Gasteiger partial charge in [0.2, 0.25) is 0 Å². The molecule has 2 N–H and O–H groups in total. The molecule has 1 heterocycles. The summed E-state index contributed by atoms with van der Waals surface area (Å²) >= 11 is 0. The van der Waals surface area contributed by atoms with Crippen molar-refractivity contribution in [2.75, 3.05) is 18.8 Å². The Morgan fingerprint density at radius 1 is 1.47 bits per heavy atom. The summed E-state index contributed by atoms with van der Waals surface area (Å²) in [6.45, 7) is 1.41. The summed E-state index contributed by atoms with van der Waals surface area (Å²) in [4.78, 5) is 14.1. The highest BCUT2D eigenvalue weighted by Gasteiger charge is 2.24. The van der Waals surface area contributed by atoms with Crippen LogP contribution in [0.5, 0.6) is 0 Å². The van der Waals surface area contributed by atoms with Crippen LogP contribution in [0.3, 0.4) is 0 Å². The fraction of sp³-hybridized carbons (Fsp3) is 0.357. The van der Waals surface area contributed by atoms with E-state index in [2.05, 4.69) is 5.92 Å². The van der Waals surface area contributed by atoms with E-state index in [0.29, 0.717) is 17.8 Å². The number of para-hydroxylation sites is 1. The Hall–Kier alpha value is -1.95.